The van der Waals surface area contributed by atoms with E-state index in [1.165, 1.54) is 32.1 Å². The molecule has 0 amide bonds. The van der Waals surface area contributed by atoms with Crippen molar-refractivity contribution in [1.29, 1.82) is 0 Å². The zero-order chi connectivity index (χ0) is 13.1. The Morgan fingerprint density at radius 2 is 1.82 bits per heavy atom. The third-order valence-corrected chi connectivity index (χ3v) is 4.72. The molecule has 1 saturated carbocycles. The summed E-state index contributed by atoms with van der Waals surface area (Å²) in [5.41, 5.74) is 6.71. The summed E-state index contributed by atoms with van der Waals surface area (Å²) in [5.74, 6) is 0.862. The van der Waals surface area contributed by atoms with E-state index in [0.717, 1.165) is 12.5 Å². The standard InChI is InChI=1S/C15H32N2/c1-6-12(2)17-15(11-16)9-7-13(8-10-15)14(3,4)5/h12-13,17H,6-11,16H2,1-5H3. The molecule has 0 aromatic heterocycles. The lowest BCUT2D eigenvalue weighted by molar-refractivity contribution is 0.111. The van der Waals surface area contributed by atoms with Gasteiger partial charge in [0.05, 0.1) is 0 Å². The van der Waals surface area contributed by atoms with Crippen molar-refractivity contribution in [3.05, 3.63) is 0 Å². The predicted molar refractivity (Wildman–Crippen MR) is 76.1 cm³/mol. The van der Waals surface area contributed by atoms with Gasteiger partial charge in [0.15, 0.2) is 0 Å². The molecule has 0 bridgehead atoms. The summed E-state index contributed by atoms with van der Waals surface area (Å²) in [4.78, 5) is 0. The summed E-state index contributed by atoms with van der Waals surface area (Å²) >= 11 is 0. The zero-order valence-corrected chi connectivity index (χ0v) is 12.5. The average molecular weight is 240 g/mol. The summed E-state index contributed by atoms with van der Waals surface area (Å²) in [6.07, 6.45) is 6.32. The van der Waals surface area contributed by atoms with E-state index in [-0.39, 0.29) is 5.54 Å². The van der Waals surface area contributed by atoms with E-state index in [9.17, 15) is 0 Å². The van der Waals surface area contributed by atoms with Gasteiger partial charge < -0.3 is 11.1 Å². The van der Waals surface area contributed by atoms with Crippen LogP contribution in [0.5, 0.6) is 0 Å². The molecular formula is C15H32N2. The Hall–Kier alpha value is -0.0800. The Kier molecular flexibility index (Phi) is 5.03. The van der Waals surface area contributed by atoms with Crippen LogP contribution >= 0.6 is 0 Å². The van der Waals surface area contributed by atoms with Gasteiger partial charge in [0.25, 0.3) is 0 Å². The monoisotopic (exact) mass is 240 g/mol. The van der Waals surface area contributed by atoms with Crippen molar-refractivity contribution in [2.24, 2.45) is 17.1 Å². The lowest BCUT2D eigenvalue weighted by Crippen LogP contribution is -2.56. The molecule has 0 spiro atoms. The molecule has 0 radical (unpaired) electrons. The highest BCUT2D eigenvalue weighted by atomic mass is 15.0. The number of rotatable bonds is 4. The maximum Gasteiger partial charge on any atom is 0.0306 e. The van der Waals surface area contributed by atoms with Gasteiger partial charge in [-0.3, -0.25) is 0 Å². The fraction of sp³-hybridized carbons (Fsp3) is 1.00. The second kappa shape index (κ2) is 5.71. The van der Waals surface area contributed by atoms with Gasteiger partial charge in [-0.2, -0.15) is 0 Å². The van der Waals surface area contributed by atoms with Gasteiger partial charge in [-0.1, -0.05) is 27.7 Å². The molecule has 0 saturated heterocycles. The van der Waals surface area contributed by atoms with Crippen LogP contribution in [0.1, 0.15) is 66.7 Å². The third kappa shape index (κ3) is 3.96. The molecule has 1 fully saturated rings. The fourth-order valence-corrected chi connectivity index (χ4v) is 3.07. The molecular weight excluding hydrogens is 208 g/mol. The maximum atomic E-state index is 6.03. The lowest BCUT2D eigenvalue weighted by Gasteiger charge is -2.45. The van der Waals surface area contributed by atoms with Crippen molar-refractivity contribution in [3.63, 3.8) is 0 Å². The first-order valence-electron chi connectivity index (χ1n) is 7.31. The third-order valence-electron chi connectivity index (χ3n) is 4.72. The van der Waals surface area contributed by atoms with Gasteiger partial charge in [0, 0.05) is 18.1 Å². The molecule has 1 rings (SSSR count). The molecule has 2 nitrogen and oxygen atoms in total. The number of hydrogen-bond acceptors (Lipinski definition) is 2. The van der Waals surface area contributed by atoms with Gasteiger partial charge in [-0.15, -0.1) is 0 Å². The second-order valence-electron chi connectivity index (χ2n) is 7.08. The molecule has 2 heteroatoms. The molecule has 0 aromatic rings. The van der Waals surface area contributed by atoms with Crippen LogP contribution in [-0.2, 0) is 0 Å². The van der Waals surface area contributed by atoms with Crippen molar-refractivity contribution in [2.75, 3.05) is 6.54 Å². The number of nitrogens with one attached hydrogen (secondary N) is 1. The van der Waals surface area contributed by atoms with Gasteiger partial charge in [-0.05, 0) is 50.4 Å². The predicted octanol–water partition coefficient (Wildman–Crippen LogP) is 3.31. The first-order chi connectivity index (χ1) is 7.83. The topological polar surface area (TPSA) is 38.0 Å². The van der Waals surface area contributed by atoms with Crippen LogP contribution in [0.2, 0.25) is 0 Å². The van der Waals surface area contributed by atoms with E-state index in [4.69, 9.17) is 5.73 Å². The largest absolute Gasteiger partial charge is 0.329 e. The van der Waals surface area contributed by atoms with Crippen LogP contribution in [0.4, 0.5) is 0 Å². The molecule has 1 atom stereocenters. The van der Waals surface area contributed by atoms with Gasteiger partial charge in [0.2, 0.25) is 0 Å². The minimum atomic E-state index is 0.219. The molecule has 17 heavy (non-hydrogen) atoms. The summed E-state index contributed by atoms with van der Waals surface area (Å²) in [6.45, 7) is 12.4. The Labute approximate surface area is 108 Å². The summed E-state index contributed by atoms with van der Waals surface area (Å²) in [7, 11) is 0. The van der Waals surface area contributed by atoms with E-state index >= 15 is 0 Å². The molecule has 1 unspecified atom stereocenters. The minimum Gasteiger partial charge on any atom is -0.329 e. The van der Waals surface area contributed by atoms with Crippen LogP contribution in [0.15, 0.2) is 0 Å². The quantitative estimate of drug-likeness (QED) is 0.791. The van der Waals surface area contributed by atoms with Crippen molar-refractivity contribution in [2.45, 2.75) is 78.3 Å². The highest BCUT2D eigenvalue weighted by Gasteiger charge is 2.38. The summed E-state index contributed by atoms with van der Waals surface area (Å²) < 4.78 is 0. The fourth-order valence-electron chi connectivity index (χ4n) is 3.07. The SMILES string of the molecule is CCC(C)NC1(CN)CCC(C(C)(C)C)CC1. The normalized spacial score (nSPS) is 32.5. The maximum absolute atomic E-state index is 6.03. The van der Waals surface area contributed by atoms with Crippen LogP contribution in [0.3, 0.4) is 0 Å². The van der Waals surface area contributed by atoms with E-state index in [2.05, 4.69) is 39.9 Å². The van der Waals surface area contributed by atoms with Crippen LogP contribution < -0.4 is 11.1 Å². The first kappa shape index (κ1) is 15.0. The second-order valence-corrected chi connectivity index (χ2v) is 7.08. The van der Waals surface area contributed by atoms with Crippen LogP contribution in [0, 0.1) is 11.3 Å². The highest BCUT2D eigenvalue weighted by molar-refractivity contribution is 4.96. The van der Waals surface area contributed by atoms with Gasteiger partial charge in [0.1, 0.15) is 0 Å². The Morgan fingerprint density at radius 3 is 2.18 bits per heavy atom. The molecule has 3 N–H and O–H groups in total. The molecule has 1 aliphatic carbocycles. The Morgan fingerprint density at radius 1 is 1.29 bits per heavy atom. The van der Waals surface area contributed by atoms with Gasteiger partial charge >= 0.3 is 0 Å². The summed E-state index contributed by atoms with van der Waals surface area (Å²) in [5, 5.41) is 3.78. The van der Waals surface area contributed by atoms with Crippen LogP contribution in [0.25, 0.3) is 0 Å². The van der Waals surface area contributed by atoms with Crippen molar-refractivity contribution < 1.29 is 0 Å². The zero-order valence-electron chi connectivity index (χ0n) is 12.5. The molecule has 0 aliphatic heterocycles. The van der Waals surface area contributed by atoms with E-state index in [1.54, 1.807) is 0 Å². The number of nitrogens with two attached hydrogens (primary N) is 1. The lowest BCUT2D eigenvalue weighted by atomic mass is 9.67. The van der Waals surface area contributed by atoms with E-state index in [0.29, 0.717) is 11.5 Å². The first-order valence-corrected chi connectivity index (χ1v) is 7.31. The van der Waals surface area contributed by atoms with Gasteiger partial charge in [-0.25, -0.2) is 0 Å². The summed E-state index contributed by atoms with van der Waals surface area (Å²) in [6, 6.07) is 0.588. The molecule has 102 valence electrons. The Bertz CT molecular complexity index is 222. The molecule has 1 aliphatic rings. The highest BCUT2D eigenvalue weighted by Crippen LogP contribution is 2.41. The number of hydrogen-bond donors (Lipinski definition) is 2. The molecule has 0 heterocycles. The molecule has 0 aromatic carbocycles. The van der Waals surface area contributed by atoms with Crippen molar-refractivity contribution >= 4 is 0 Å². The van der Waals surface area contributed by atoms with Crippen LogP contribution in [-0.4, -0.2) is 18.1 Å². The average Bonchev–Trinajstić information content (AvgIpc) is 2.28. The minimum absolute atomic E-state index is 0.219. The smallest absolute Gasteiger partial charge is 0.0306 e. The van der Waals surface area contributed by atoms with Crippen molar-refractivity contribution in [1.82, 2.24) is 5.32 Å². The Balaban J connectivity index is 2.57. The van der Waals surface area contributed by atoms with Crippen molar-refractivity contribution in [3.8, 4) is 0 Å². The van der Waals surface area contributed by atoms with E-state index < -0.39 is 0 Å². The van der Waals surface area contributed by atoms with E-state index in [1.807, 2.05) is 0 Å².